The second-order valence-electron chi connectivity index (χ2n) is 3.35. The molecule has 0 radical (unpaired) electrons. The number of halogens is 1. The minimum absolute atomic E-state index is 0.0264. The van der Waals surface area contributed by atoms with Gasteiger partial charge in [0, 0.05) is 6.54 Å². The van der Waals surface area contributed by atoms with Crippen molar-refractivity contribution >= 4 is 33.1 Å². The molecule has 0 bridgehead atoms. The fraction of sp³-hybridized carbons (Fsp3) is 0.300. The molecule has 0 unspecified atom stereocenters. The summed E-state index contributed by atoms with van der Waals surface area (Å²) in [5, 5.41) is 8.58. The van der Waals surface area contributed by atoms with Crippen molar-refractivity contribution in [2.24, 2.45) is 10.7 Å². The molecule has 0 saturated carbocycles. The molecule has 0 aliphatic carbocycles. The Hall–Kier alpha value is -1.15. The number of benzene rings is 1. The fourth-order valence-corrected chi connectivity index (χ4v) is 2.24. The first-order valence-corrected chi connectivity index (χ1v) is 7.11. The van der Waals surface area contributed by atoms with Crippen LogP contribution in [0.1, 0.15) is 0 Å². The summed E-state index contributed by atoms with van der Waals surface area (Å²) in [4.78, 5) is 4.07. The molecule has 0 fully saturated rings. The number of aliphatic hydroxyl groups excluding tert-OH is 1. The van der Waals surface area contributed by atoms with E-state index >= 15 is 0 Å². The van der Waals surface area contributed by atoms with Crippen LogP contribution in [0.4, 0.5) is 5.69 Å². The highest BCUT2D eigenvalue weighted by atomic mass is 35.5. The summed E-state index contributed by atoms with van der Waals surface area (Å²) in [5.41, 5.74) is 5.98. The van der Waals surface area contributed by atoms with Crippen LogP contribution < -0.4 is 10.5 Å². The van der Waals surface area contributed by atoms with Crippen LogP contribution in [0, 0.1) is 0 Å². The predicted octanol–water partition coefficient (Wildman–Crippen LogP) is 0.185. The molecule has 0 aliphatic heterocycles. The van der Waals surface area contributed by atoms with E-state index in [9.17, 15) is 8.42 Å². The van der Waals surface area contributed by atoms with E-state index in [2.05, 4.69) is 9.71 Å². The lowest BCUT2D eigenvalue weighted by Crippen LogP contribution is -2.26. The number of sulfonamides is 1. The van der Waals surface area contributed by atoms with Crippen LogP contribution >= 0.6 is 11.6 Å². The molecule has 100 valence electrons. The lowest BCUT2D eigenvalue weighted by Gasteiger charge is -2.05. The van der Waals surface area contributed by atoms with E-state index in [0.717, 1.165) is 0 Å². The molecule has 0 saturated heterocycles. The molecule has 0 spiro atoms. The van der Waals surface area contributed by atoms with E-state index < -0.39 is 10.0 Å². The van der Waals surface area contributed by atoms with Gasteiger partial charge in [-0.2, -0.15) is 0 Å². The molecule has 0 aromatic heterocycles. The second-order valence-corrected chi connectivity index (χ2v) is 5.39. The van der Waals surface area contributed by atoms with E-state index in [1.807, 2.05) is 0 Å². The zero-order valence-corrected chi connectivity index (χ0v) is 11.1. The topological polar surface area (TPSA) is 105 Å². The zero-order valence-electron chi connectivity index (χ0n) is 9.51. The number of amidine groups is 1. The number of nitrogens with zero attached hydrogens (tertiary/aromatic N) is 1. The van der Waals surface area contributed by atoms with Gasteiger partial charge in [0.25, 0.3) is 0 Å². The van der Waals surface area contributed by atoms with Crippen molar-refractivity contribution in [2.45, 2.75) is 4.90 Å². The van der Waals surface area contributed by atoms with Gasteiger partial charge in [-0.3, -0.25) is 0 Å². The number of alkyl halides is 1. The molecule has 1 rings (SSSR count). The molecule has 4 N–H and O–H groups in total. The van der Waals surface area contributed by atoms with Gasteiger partial charge in [-0.05, 0) is 24.3 Å². The van der Waals surface area contributed by atoms with Crippen LogP contribution in [0.15, 0.2) is 34.2 Å². The van der Waals surface area contributed by atoms with Crippen molar-refractivity contribution in [2.75, 3.05) is 19.0 Å². The quantitative estimate of drug-likeness (QED) is 0.395. The van der Waals surface area contributed by atoms with E-state index in [-0.39, 0.29) is 29.8 Å². The van der Waals surface area contributed by atoms with Gasteiger partial charge in [0.05, 0.1) is 23.1 Å². The number of hydrogen-bond donors (Lipinski definition) is 3. The Morgan fingerprint density at radius 3 is 2.50 bits per heavy atom. The van der Waals surface area contributed by atoms with Gasteiger partial charge in [-0.15, -0.1) is 11.6 Å². The number of nitrogens with one attached hydrogen (secondary N) is 1. The number of aliphatic hydroxyl groups is 1. The second kappa shape index (κ2) is 6.69. The Morgan fingerprint density at radius 1 is 1.39 bits per heavy atom. The summed E-state index contributed by atoms with van der Waals surface area (Å²) >= 11 is 5.48. The average molecular weight is 292 g/mol. The maximum absolute atomic E-state index is 11.7. The maximum Gasteiger partial charge on any atom is 0.240 e. The fourth-order valence-electron chi connectivity index (χ4n) is 1.16. The van der Waals surface area contributed by atoms with Gasteiger partial charge < -0.3 is 10.8 Å². The third-order valence-electron chi connectivity index (χ3n) is 1.96. The lowest BCUT2D eigenvalue weighted by molar-refractivity contribution is 0.301. The van der Waals surface area contributed by atoms with Gasteiger partial charge in [-0.25, -0.2) is 18.1 Å². The minimum Gasteiger partial charge on any atom is -0.395 e. The van der Waals surface area contributed by atoms with Crippen LogP contribution in [0.5, 0.6) is 0 Å². The first-order valence-electron chi connectivity index (χ1n) is 5.09. The molecule has 18 heavy (non-hydrogen) atoms. The molecule has 6 nitrogen and oxygen atoms in total. The molecule has 0 amide bonds. The summed E-state index contributed by atoms with van der Waals surface area (Å²) in [5.74, 6) is 0.364. The molecule has 1 aromatic carbocycles. The van der Waals surface area contributed by atoms with E-state index in [0.29, 0.717) is 5.69 Å². The molecule has 0 atom stereocenters. The molecule has 8 heteroatoms. The summed E-state index contributed by atoms with van der Waals surface area (Å²) in [6.07, 6.45) is 0. The Balaban J connectivity index is 2.89. The molecular formula is C10H14ClN3O3S. The first-order chi connectivity index (χ1) is 8.49. The highest BCUT2D eigenvalue weighted by Gasteiger charge is 2.12. The van der Waals surface area contributed by atoms with E-state index in [1.54, 1.807) is 0 Å². The van der Waals surface area contributed by atoms with Crippen LogP contribution in [-0.4, -0.2) is 38.4 Å². The molecular weight excluding hydrogens is 278 g/mol. The molecule has 1 aromatic rings. The summed E-state index contributed by atoms with van der Waals surface area (Å²) in [6.45, 7) is -0.282. The average Bonchev–Trinajstić information content (AvgIpc) is 2.37. The van der Waals surface area contributed by atoms with Crippen molar-refractivity contribution < 1.29 is 13.5 Å². The molecule has 0 aliphatic rings. The van der Waals surface area contributed by atoms with Crippen molar-refractivity contribution in [3.8, 4) is 0 Å². The third-order valence-corrected chi connectivity index (χ3v) is 3.71. The summed E-state index contributed by atoms with van der Waals surface area (Å²) in [6, 6.07) is 5.85. The minimum atomic E-state index is -3.59. The Labute approximate surface area is 111 Å². The van der Waals surface area contributed by atoms with Crippen molar-refractivity contribution in [3.05, 3.63) is 24.3 Å². The Morgan fingerprint density at radius 2 is 2.00 bits per heavy atom. The number of rotatable bonds is 6. The Kier molecular flexibility index (Phi) is 5.54. The van der Waals surface area contributed by atoms with Gasteiger partial charge in [0.2, 0.25) is 10.0 Å². The zero-order chi connectivity index (χ0) is 13.6. The molecule has 0 heterocycles. The van der Waals surface area contributed by atoms with Gasteiger partial charge in [0.1, 0.15) is 5.84 Å². The van der Waals surface area contributed by atoms with Crippen molar-refractivity contribution in [1.29, 1.82) is 0 Å². The van der Waals surface area contributed by atoms with Crippen molar-refractivity contribution in [1.82, 2.24) is 4.72 Å². The third kappa shape index (κ3) is 4.26. The van der Waals surface area contributed by atoms with Gasteiger partial charge in [0.15, 0.2) is 0 Å². The van der Waals surface area contributed by atoms with E-state index in [4.69, 9.17) is 22.4 Å². The number of nitrogens with two attached hydrogens (primary N) is 1. The lowest BCUT2D eigenvalue weighted by atomic mass is 10.3. The largest absolute Gasteiger partial charge is 0.395 e. The summed E-state index contributed by atoms with van der Waals surface area (Å²) in [7, 11) is -3.59. The highest BCUT2D eigenvalue weighted by Crippen LogP contribution is 2.16. The van der Waals surface area contributed by atoms with Crippen LogP contribution in [0.2, 0.25) is 0 Å². The van der Waals surface area contributed by atoms with Crippen LogP contribution in [-0.2, 0) is 10.0 Å². The maximum atomic E-state index is 11.7. The summed E-state index contributed by atoms with van der Waals surface area (Å²) < 4.78 is 25.6. The number of aliphatic imine (C=N–C) groups is 1. The Bertz CT molecular complexity index is 514. The monoisotopic (exact) mass is 291 g/mol. The predicted molar refractivity (Wildman–Crippen MR) is 70.7 cm³/mol. The highest BCUT2D eigenvalue weighted by molar-refractivity contribution is 7.89. The normalized spacial score (nSPS) is 12.7. The smallest absolute Gasteiger partial charge is 0.240 e. The van der Waals surface area contributed by atoms with Gasteiger partial charge >= 0.3 is 0 Å². The first kappa shape index (κ1) is 14.9. The van der Waals surface area contributed by atoms with Gasteiger partial charge in [-0.1, -0.05) is 0 Å². The van der Waals surface area contributed by atoms with Crippen LogP contribution in [0.3, 0.4) is 0 Å². The van der Waals surface area contributed by atoms with E-state index in [1.165, 1.54) is 24.3 Å². The standard InChI is InChI=1S/C10H14ClN3O3S/c11-7-10(12)14-8-1-3-9(4-2-8)18(16,17)13-5-6-15/h1-4,13,15H,5-7H2,(H2,12,14). The SMILES string of the molecule is NC(CCl)=Nc1ccc(S(=O)(=O)NCCO)cc1. The van der Waals surface area contributed by atoms with Crippen molar-refractivity contribution in [3.63, 3.8) is 0 Å². The number of hydrogen-bond acceptors (Lipinski definition) is 4. The van der Waals surface area contributed by atoms with Crippen LogP contribution in [0.25, 0.3) is 0 Å².